The van der Waals surface area contributed by atoms with Crippen LogP contribution in [0.1, 0.15) is 6.42 Å². The van der Waals surface area contributed by atoms with Gasteiger partial charge in [-0.05, 0) is 0 Å². The van der Waals surface area contributed by atoms with Gasteiger partial charge in [0.25, 0.3) is 0 Å². The van der Waals surface area contributed by atoms with Crippen LogP contribution in [0, 0.1) is 0 Å². The van der Waals surface area contributed by atoms with E-state index < -0.39 is 12.8 Å². The van der Waals surface area contributed by atoms with Crippen LogP contribution < -0.4 is 10.6 Å². The molecule has 0 fully saturated rings. The van der Waals surface area contributed by atoms with E-state index in [2.05, 4.69) is 15.4 Å². The molecule has 8 heteroatoms. The number of amides is 1. The zero-order valence-corrected chi connectivity index (χ0v) is 10.3. The van der Waals surface area contributed by atoms with Gasteiger partial charge in [0.1, 0.15) is 6.61 Å². The summed E-state index contributed by atoms with van der Waals surface area (Å²) in [6.07, 6.45) is -4.02. The number of hydrogen-bond donors (Lipinski definition) is 2. The molecule has 2 N–H and O–H groups in total. The molecule has 0 spiro atoms. The topological polar surface area (TPSA) is 59.6 Å². The van der Waals surface area contributed by atoms with Crippen LogP contribution in [0.2, 0.25) is 0 Å². The van der Waals surface area contributed by atoms with Gasteiger partial charge in [-0.15, -0.1) is 0 Å². The minimum absolute atomic E-state index is 0.0369. The molecule has 0 aromatic rings. The van der Waals surface area contributed by atoms with E-state index in [4.69, 9.17) is 4.74 Å². The van der Waals surface area contributed by atoms with Crippen LogP contribution in [-0.2, 0) is 14.3 Å². The summed E-state index contributed by atoms with van der Waals surface area (Å²) in [7, 11) is 1.54. The molecule has 0 aliphatic carbocycles. The van der Waals surface area contributed by atoms with Crippen molar-refractivity contribution in [3.8, 4) is 0 Å². The molecule has 108 valence electrons. The number of alkyl halides is 3. The van der Waals surface area contributed by atoms with Crippen molar-refractivity contribution in [1.29, 1.82) is 0 Å². The van der Waals surface area contributed by atoms with Crippen molar-refractivity contribution in [2.24, 2.45) is 0 Å². The highest BCUT2D eigenvalue weighted by atomic mass is 19.4. The number of carbonyl (C=O) groups is 1. The Balaban J connectivity index is 3.22. The highest BCUT2D eigenvalue weighted by molar-refractivity contribution is 5.75. The molecule has 1 amide bonds. The Hall–Kier alpha value is -0.860. The van der Waals surface area contributed by atoms with Crippen LogP contribution in [0.15, 0.2) is 0 Å². The number of methoxy groups -OCH3 is 1. The first-order chi connectivity index (χ1) is 8.45. The number of rotatable bonds is 10. The van der Waals surface area contributed by atoms with E-state index in [0.717, 1.165) is 0 Å². The molecule has 0 rings (SSSR count). The molecule has 0 heterocycles. The Bertz CT molecular complexity index is 225. The van der Waals surface area contributed by atoms with Gasteiger partial charge in [0.2, 0.25) is 5.91 Å². The highest BCUT2D eigenvalue weighted by Gasteiger charge is 2.27. The average molecular weight is 272 g/mol. The van der Waals surface area contributed by atoms with Gasteiger partial charge in [0, 0.05) is 33.2 Å². The summed E-state index contributed by atoms with van der Waals surface area (Å²) >= 11 is 0. The molecule has 0 unspecified atom stereocenters. The summed E-state index contributed by atoms with van der Waals surface area (Å²) in [5.74, 6) is -0.129. The second-order valence-corrected chi connectivity index (χ2v) is 3.51. The predicted molar refractivity (Wildman–Crippen MR) is 59.2 cm³/mol. The van der Waals surface area contributed by atoms with Crippen molar-refractivity contribution >= 4 is 5.91 Å². The zero-order valence-electron chi connectivity index (χ0n) is 10.3. The third-order valence-corrected chi connectivity index (χ3v) is 1.85. The van der Waals surface area contributed by atoms with Crippen LogP contribution in [-0.4, -0.2) is 58.6 Å². The number of halogens is 3. The SMILES string of the molecule is COCCNC(=O)CCNCCOCC(F)(F)F. The van der Waals surface area contributed by atoms with Crippen LogP contribution in [0.25, 0.3) is 0 Å². The van der Waals surface area contributed by atoms with Crippen molar-refractivity contribution in [1.82, 2.24) is 10.6 Å². The first kappa shape index (κ1) is 17.1. The lowest BCUT2D eigenvalue weighted by Gasteiger charge is -2.08. The fourth-order valence-electron chi connectivity index (χ4n) is 1.04. The van der Waals surface area contributed by atoms with Crippen molar-refractivity contribution in [3.63, 3.8) is 0 Å². The number of hydrogen-bond acceptors (Lipinski definition) is 4. The maximum absolute atomic E-state index is 11.7. The maximum atomic E-state index is 11.7. The van der Waals surface area contributed by atoms with Gasteiger partial charge < -0.3 is 20.1 Å². The average Bonchev–Trinajstić information content (AvgIpc) is 2.26. The molecule has 0 aliphatic heterocycles. The van der Waals surface area contributed by atoms with Crippen LogP contribution in [0.5, 0.6) is 0 Å². The number of carbonyl (C=O) groups excluding carboxylic acids is 1. The Morgan fingerprint density at radius 2 is 1.89 bits per heavy atom. The monoisotopic (exact) mass is 272 g/mol. The van der Waals surface area contributed by atoms with Crippen LogP contribution in [0.3, 0.4) is 0 Å². The maximum Gasteiger partial charge on any atom is 0.411 e. The van der Waals surface area contributed by atoms with Crippen LogP contribution in [0.4, 0.5) is 13.2 Å². The van der Waals surface area contributed by atoms with E-state index in [9.17, 15) is 18.0 Å². The summed E-state index contributed by atoms with van der Waals surface area (Å²) in [5, 5.41) is 5.43. The molecule has 0 aliphatic rings. The molecular weight excluding hydrogens is 253 g/mol. The van der Waals surface area contributed by atoms with E-state index >= 15 is 0 Å². The third-order valence-electron chi connectivity index (χ3n) is 1.85. The van der Waals surface area contributed by atoms with E-state index in [1.54, 1.807) is 0 Å². The summed E-state index contributed by atoms with van der Waals surface area (Å²) in [5.41, 5.74) is 0. The molecule has 0 aromatic heterocycles. The van der Waals surface area contributed by atoms with Crippen molar-refractivity contribution < 1.29 is 27.4 Å². The molecule has 5 nitrogen and oxygen atoms in total. The van der Waals surface area contributed by atoms with Gasteiger partial charge >= 0.3 is 6.18 Å². The Kier molecular flexibility index (Phi) is 9.62. The fourth-order valence-corrected chi connectivity index (χ4v) is 1.04. The second kappa shape index (κ2) is 10.1. The predicted octanol–water partition coefficient (Wildman–Crippen LogP) is 0.308. The van der Waals surface area contributed by atoms with Gasteiger partial charge in [0.15, 0.2) is 0 Å². The molecule has 0 saturated carbocycles. The number of nitrogens with one attached hydrogen (secondary N) is 2. The van der Waals surface area contributed by atoms with Crippen molar-refractivity contribution in [3.05, 3.63) is 0 Å². The normalized spacial score (nSPS) is 11.6. The Morgan fingerprint density at radius 3 is 2.50 bits per heavy atom. The van der Waals surface area contributed by atoms with Gasteiger partial charge in [-0.2, -0.15) is 13.2 Å². The fraction of sp³-hybridized carbons (Fsp3) is 0.900. The van der Waals surface area contributed by atoms with Gasteiger partial charge in [-0.25, -0.2) is 0 Å². The summed E-state index contributed by atoms with van der Waals surface area (Å²) in [6.45, 7) is 0.293. The van der Waals surface area contributed by atoms with Crippen molar-refractivity contribution in [2.45, 2.75) is 12.6 Å². The molecular formula is C10H19F3N2O3. The summed E-state index contributed by atoms with van der Waals surface area (Å²) in [6, 6.07) is 0. The number of ether oxygens (including phenoxy) is 2. The van der Waals surface area contributed by atoms with Crippen LogP contribution >= 0.6 is 0 Å². The molecule has 0 atom stereocenters. The largest absolute Gasteiger partial charge is 0.411 e. The third kappa shape index (κ3) is 13.2. The summed E-state index contributed by atoms with van der Waals surface area (Å²) in [4.78, 5) is 11.2. The zero-order chi connectivity index (χ0) is 13.9. The molecule has 0 radical (unpaired) electrons. The van der Waals surface area contributed by atoms with E-state index in [-0.39, 0.29) is 25.5 Å². The van der Waals surface area contributed by atoms with Gasteiger partial charge in [-0.3, -0.25) is 4.79 Å². The minimum Gasteiger partial charge on any atom is -0.383 e. The van der Waals surface area contributed by atoms with E-state index in [0.29, 0.717) is 19.7 Å². The highest BCUT2D eigenvalue weighted by Crippen LogP contribution is 2.13. The lowest BCUT2D eigenvalue weighted by atomic mass is 10.4. The first-order valence-corrected chi connectivity index (χ1v) is 5.56. The smallest absolute Gasteiger partial charge is 0.383 e. The standard InChI is InChI=1S/C10H19F3N2O3/c1-17-6-5-15-9(16)2-3-14-4-7-18-8-10(11,12)13/h14H,2-8H2,1H3,(H,15,16). The molecule has 18 heavy (non-hydrogen) atoms. The quantitative estimate of drug-likeness (QED) is 0.562. The van der Waals surface area contributed by atoms with Crippen molar-refractivity contribution in [2.75, 3.05) is 46.6 Å². The molecule has 0 bridgehead atoms. The van der Waals surface area contributed by atoms with E-state index in [1.165, 1.54) is 7.11 Å². The Morgan fingerprint density at radius 1 is 1.17 bits per heavy atom. The van der Waals surface area contributed by atoms with E-state index in [1.807, 2.05) is 0 Å². The lowest BCUT2D eigenvalue weighted by Crippen LogP contribution is -2.31. The lowest BCUT2D eigenvalue weighted by molar-refractivity contribution is -0.173. The van der Waals surface area contributed by atoms with Gasteiger partial charge in [-0.1, -0.05) is 0 Å². The molecule has 0 aromatic carbocycles. The summed E-state index contributed by atoms with van der Waals surface area (Å²) < 4.78 is 44.2. The Labute approximate surface area is 104 Å². The second-order valence-electron chi connectivity index (χ2n) is 3.51. The molecule has 0 saturated heterocycles. The first-order valence-electron chi connectivity index (χ1n) is 5.56. The minimum atomic E-state index is -4.29. The van der Waals surface area contributed by atoms with Gasteiger partial charge in [0.05, 0.1) is 13.2 Å².